The van der Waals surface area contributed by atoms with E-state index in [9.17, 15) is 8.78 Å². The van der Waals surface area contributed by atoms with Gasteiger partial charge in [-0.2, -0.15) is 0 Å². The first kappa shape index (κ1) is 16.1. The Balaban J connectivity index is 2.84. The third-order valence-corrected chi connectivity index (χ3v) is 3.05. The van der Waals surface area contributed by atoms with Gasteiger partial charge in [0.05, 0.1) is 0 Å². The summed E-state index contributed by atoms with van der Waals surface area (Å²) in [6.45, 7) is 7.86. The summed E-state index contributed by atoms with van der Waals surface area (Å²) in [4.78, 5) is 2.18. The van der Waals surface area contributed by atoms with Gasteiger partial charge in [0, 0.05) is 24.7 Å². The van der Waals surface area contributed by atoms with Crippen molar-refractivity contribution in [3.05, 3.63) is 35.4 Å². The zero-order valence-corrected chi connectivity index (χ0v) is 12.2. The van der Waals surface area contributed by atoms with Crippen LogP contribution in [0.1, 0.15) is 44.4 Å². The van der Waals surface area contributed by atoms with Crippen LogP contribution in [0.15, 0.2) is 24.3 Å². The average Bonchev–Trinajstić information content (AvgIpc) is 2.28. The molecule has 2 N–H and O–H groups in total. The van der Waals surface area contributed by atoms with Gasteiger partial charge in [0.1, 0.15) is 0 Å². The van der Waals surface area contributed by atoms with Gasteiger partial charge in [-0.05, 0) is 18.0 Å². The standard InChI is InChI=1S/C15H24F2N2/c1-15(2,3)10-19(4)13(9-18)11-5-7-12(8-6-11)14(16)17/h5-8,13-14H,9-10,18H2,1-4H3. The molecule has 0 heterocycles. The van der Waals surface area contributed by atoms with Crippen LogP contribution in [-0.2, 0) is 0 Å². The molecule has 0 aliphatic rings. The molecule has 19 heavy (non-hydrogen) atoms. The molecule has 0 spiro atoms. The van der Waals surface area contributed by atoms with Gasteiger partial charge >= 0.3 is 0 Å². The van der Waals surface area contributed by atoms with Crippen molar-refractivity contribution in [3.8, 4) is 0 Å². The fourth-order valence-electron chi connectivity index (χ4n) is 2.29. The van der Waals surface area contributed by atoms with Crippen LogP contribution in [-0.4, -0.2) is 25.0 Å². The Labute approximate surface area is 114 Å². The van der Waals surface area contributed by atoms with Gasteiger partial charge in [-0.3, -0.25) is 4.90 Å². The lowest BCUT2D eigenvalue weighted by Gasteiger charge is -2.33. The highest BCUT2D eigenvalue weighted by molar-refractivity contribution is 5.26. The van der Waals surface area contributed by atoms with Crippen LogP contribution in [0.3, 0.4) is 0 Å². The molecule has 0 saturated carbocycles. The van der Waals surface area contributed by atoms with E-state index in [1.54, 1.807) is 12.1 Å². The number of nitrogens with zero attached hydrogens (tertiary/aromatic N) is 1. The molecule has 1 unspecified atom stereocenters. The topological polar surface area (TPSA) is 29.3 Å². The highest BCUT2D eigenvalue weighted by atomic mass is 19.3. The molecular formula is C15H24F2N2. The van der Waals surface area contributed by atoms with Crippen LogP contribution in [0.2, 0.25) is 0 Å². The smallest absolute Gasteiger partial charge is 0.263 e. The van der Waals surface area contributed by atoms with Crippen molar-refractivity contribution in [1.29, 1.82) is 0 Å². The molecule has 2 nitrogen and oxygen atoms in total. The van der Waals surface area contributed by atoms with Gasteiger partial charge in [0.15, 0.2) is 0 Å². The average molecular weight is 270 g/mol. The Morgan fingerprint density at radius 2 is 1.58 bits per heavy atom. The predicted octanol–water partition coefficient (Wildman–Crippen LogP) is 3.60. The maximum Gasteiger partial charge on any atom is 0.263 e. The molecule has 0 radical (unpaired) electrons. The summed E-state index contributed by atoms with van der Waals surface area (Å²) in [5, 5.41) is 0. The molecule has 0 aliphatic carbocycles. The van der Waals surface area contributed by atoms with E-state index >= 15 is 0 Å². The summed E-state index contributed by atoms with van der Waals surface area (Å²) in [5.41, 5.74) is 7.04. The predicted molar refractivity (Wildman–Crippen MR) is 75.3 cm³/mol. The van der Waals surface area contributed by atoms with Gasteiger partial charge in [-0.15, -0.1) is 0 Å². The number of hydrogen-bond acceptors (Lipinski definition) is 2. The van der Waals surface area contributed by atoms with E-state index in [0.29, 0.717) is 6.54 Å². The molecule has 1 rings (SSSR count). The number of hydrogen-bond donors (Lipinski definition) is 1. The van der Waals surface area contributed by atoms with Gasteiger partial charge in [-0.1, -0.05) is 45.0 Å². The van der Waals surface area contributed by atoms with E-state index in [1.165, 1.54) is 12.1 Å². The quantitative estimate of drug-likeness (QED) is 0.885. The van der Waals surface area contributed by atoms with Crippen LogP contribution < -0.4 is 5.73 Å². The van der Waals surface area contributed by atoms with Crippen molar-refractivity contribution in [1.82, 2.24) is 4.90 Å². The number of likely N-dealkylation sites (N-methyl/N-ethyl adjacent to an activating group) is 1. The van der Waals surface area contributed by atoms with Gasteiger partial charge in [0.25, 0.3) is 6.43 Å². The maximum atomic E-state index is 12.5. The molecule has 0 aliphatic heterocycles. The van der Waals surface area contributed by atoms with Gasteiger partial charge in [-0.25, -0.2) is 8.78 Å². The number of alkyl halides is 2. The van der Waals surface area contributed by atoms with Gasteiger partial charge in [0.2, 0.25) is 0 Å². The van der Waals surface area contributed by atoms with Crippen molar-refractivity contribution in [2.45, 2.75) is 33.2 Å². The molecule has 108 valence electrons. The molecule has 0 saturated heterocycles. The number of rotatable bonds is 5. The van der Waals surface area contributed by atoms with Crippen LogP contribution >= 0.6 is 0 Å². The second-order valence-corrected chi connectivity index (χ2v) is 6.19. The van der Waals surface area contributed by atoms with Gasteiger partial charge < -0.3 is 5.73 Å². The molecule has 0 amide bonds. The van der Waals surface area contributed by atoms with E-state index in [1.807, 2.05) is 7.05 Å². The lowest BCUT2D eigenvalue weighted by Crippen LogP contribution is -2.36. The van der Waals surface area contributed by atoms with E-state index in [2.05, 4.69) is 25.7 Å². The monoisotopic (exact) mass is 270 g/mol. The number of benzene rings is 1. The minimum atomic E-state index is -2.42. The van der Waals surface area contributed by atoms with Crippen molar-refractivity contribution >= 4 is 0 Å². The molecule has 1 aromatic rings. The first-order valence-corrected chi connectivity index (χ1v) is 6.53. The first-order chi connectivity index (χ1) is 8.74. The first-order valence-electron chi connectivity index (χ1n) is 6.53. The van der Waals surface area contributed by atoms with E-state index < -0.39 is 6.43 Å². The summed E-state index contributed by atoms with van der Waals surface area (Å²) in [6.07, 6.45) is -2.42. The molecule has 4 heteroatoms. The fourth-order valence-corrected chi connectivity index (χ4v) is 2.29. The zero-order chi connectivity index (χ0) is 14.6. The summed E-state index contributed by atoms with van der Waals surface area (Å²) in [6, 6.07) is 6.52. The Bertz CT molecular complexity index is 382. The Morgan fingerprint density at radius 3 is 1.95 bits per heavy atom. The van der Waals surface area contributed by atoms with Crippen LogP contribution in [0.25, 0.3) is 0 Å². The second kappa shape index (κ2) is 6.44. The van der Waals surface area contributed by atoms with Crippen LogP contribution in [0, 0.1) is 5.41 Å². The van der Waals surface area contributed by atoms with Crippen molar-refractivity contribution in [2.24, 2.45) is 11.1 Å². The van der Waals surface area contributed by atoms with Crippen LogP contribution in [0.4, 0.5) is 8.78 Å². The molecule has 1 atom stereocenters. The molecule has 1 aromatic carbocycles. The highest BCUT2D eigenvalue weighted by Crippen LogP contribution is 2.25. The number of halogens is 2. The van der Waals surface area contributed by atoms with Crippen molar-refractivity contribution in [3.63, 3.8) is 0 Å². The number of nitrogens with two attached hydrogens (primary N) is 1. The molecule has 0 aromatic heterocycles. The summed E-state index contributed by atoms with van der Waals surface area (Å²) in [5.74, 6) is 0. The Hall–Kier alpha value is -1.00. The van der Waals surface area contributed by atoms with Crippen LogP contribution in [0.5, 0.6) is 0 Å². The minimum Gasteiger partial charge on any atom is -0.329 e. The maximum absolute atomic E-state index is 12.5. The third kappa shape index (κ3) is 4.88. The van der Waals surface area contributed by atoms with Crippen molar-refractivity contribution in [2.75, 3.05) is 20.1 Å². The van der Waals surface area contributed by atoms with E-state index in [-0.39, 0.29) is 17.0 Å². The fraction of sp³-hybridized carbons (Fsp3) is 0.600. The largest absolute Gasteiger partial charge is 0.329 e. The van der Waals surface area contributed by atoms with E-state index in [4.69, 9.17) is 5.73 Å². The summed E-state index contributed by atoms with van der Waals surface area (Å²) < 4.78 is 25.1. The SMILES string of the molecule is CN(CC(C)(C)C)C(CN)c1ccc(C(F)F)cc1. The third-order valence-electron chi connectivity index (χ3n) is 3.05. The molecule has 0 fully saturated rings. The summed E-state index contributed by atoms with van der Waals surface area (Å²) >= 11 is 0. The minimum absolute atomic E-state index is 0.0537. The molecule has 0 bridgehead atoms. The van der Waals surface area contributed by atoms with E-state index in [0.717, 1.165) is 12.1 Å². The Kier molecular flexibility index (Phi) is 5.44. The Morgan fingerprint density at radius 1 is 1.11 bits per heavy atom. The summed E-state index contributed by atoms with van der Waals surface area (Å²) in [7, 11) is 2.02. The highest BCUT2D eigenvalue weighted by Gasteiger charge is 2.21. The molecular weight excluding hydrogens is 246 g/mol. The zero-order valence-electron chi connectivity index (χ0n) is 12.2. The normalized spacial score (nSPS) is 14.2. The second-order valence-electron chi connectivity index (χ2n) is 6.19. The van der Waals surface area contributed by atoms with Crippen molar-refractivity contribution < 1.29 is 8.78 Å². The lowest BCUT2D eigenvalue weighted by molar-refractivity contribution is 0.151. The lowest BCUT2D eigenvalue weighted by atomic mass is 9.94.